The van der Waals surface area contributed by atoms with Crippen LogP contribution in [0.4, 0.5) is 0 Å². The number of aromatic nitrogens is 2. The molecule has 2 amide bonds. The van der Waals surface area contributed by atoms with Crippen LogP contribution in [0.25, 0.3) is 0 Å². The lowest BCUT2D eigenvalue weighted by atomic mass is 10.2. The zero-order valence-corrected chi connectivity index (χ0v) is 15.7. The lowest BCUT2D eigenvalue weighted by Gasteiger charge is -2.22. The second-order valence-corrected chi connectivity index (χ2v) is 6.60. The number of ether oxygens (including phenoxy) is 1. The molecule has 2 heterocycles. The van der Waals surface area contributed by atoms with Crippen LogP contribution in [0.5, 0.6) is 5.75 Å². The maximum absolute atomic E-state index is 12.5. The Kier molecular flexibility index (Phi) is 6.78. The molecule has 2 aromatic rings. The third-order valence-corrected chi connectivity index (χ3v) is 4.58. The molecule has 0 spiro atoms. The maximum Gasteiger partial charge on any atom is 0.274 e. The molecule has 0 bridgehead atoms. The van der Waals surface area contributed by atoms with Gasteiger partial charge in [-0.25, -0.2) is 5.10 Å². The Bertz CT molecular complexity index is 832. The van der Waals surface area contributed by atoms with Gasteiger partial charge in [0.25, 0.3) is 11.5 Å². The second kappa shape index (κ2) is 9.68. The first kappa shape index (κ1) is 19.6. The summed E-state index contributed by atoms with van der Waals surface area (Å²) in [6.45, 7) is 2.62. The van der Waals surface area contributed by atoms with E-state index in [0.29, 0.717) is 52.0 Å². The van der Waals surface area contributed by atoms with Gasteiger partial charge in [0.2, 0.25) is 5.91 Å². The predicted molar refractivity (Wildman–Crippen MR) is 103 cm³/mol. The fourth-order valence-corrected chi connectivity index (χ4v) is 3.08. The fraction of sp³-hybridized carbons (Fsp3) is 0.400. The smallest absolute Gasteiger partial charge is 0.274 e. The number of para-hydroxylation sites is 1. The number of nitrogens with zero attached hydrogens (tertiary/aromatic N) is 3. The van der Waals surface area contributed by atoms with Crippen molar-refractivity contribution in [3.8, 4) is 5.75 Å². The third-order valence-electron chi connectivity index (χ3n) is 4.58. The molecular weight excluding hydrogens is 360 g/mol. The van der Waals surface area contributed by atoms with E-state index in [1.807, 2.05) is 30.3 Å². The average Bonchev–Trinajstić information content (AvgIpc) is 2.98. The molecule has 0 radical (unpaired) electrons. The van der Waals surface area contributed by atoms with Gasteiger partial charge in [0.05, 0.1) is 6.61 Å². The standard InChI is InChI=1S/C20H24N4O4/c25-18-10-9-17(21-22-18)20(27)24-12-5-11-23(13-14-24)19(26)8-4-15-28-16-6-2-1-3-7-16/h1-3,6-7,9-10H,4-5,8,11-15H2,(H,22,25). The van der Waals surface area contributed by atoms with Crippen LogP contribution in [0, 0.1) is 0 Å². The molecule has 0 atom stereocenters. The van der Waals surface area contributed by atoms with E-state index < -0.39 is 0 Å². The van der Waals surface area contributed by atoms with Crippen molar-refractivity contribution in [2.45, 2.75) is 19.3 Å². The largest absolute Gasteiger partial charge is 0.494 e. The molecule has 1 aliphatic rings. The molecule has 3 rings (SSSR count). The Hall–Kier alpha value is -3.16. The molecule has 1 fully saturated rings. The van der Waals surface area contributed by atoms with E-state index in [1.165, 1.54) is 12.1 Å². The molecular formula is C20H24N4O4. The summed E-state index contributed by atoms with van der Waals surface area (Å²) in [5, 5.41) is 6.06. The lowest BCUT2D eigenvalue weighted by molar-refractivity contribution is -0.131. The molecule has 1 aromatic carbocycles. The summed E-state index contributed by atoms with van der Waals surface area (Å²) in [5.41, 5.74) is -0.141. The van der Waals surface area contributed by atoms with E-state index in [1.54, 1.807) is 9.80 Å². The maximum atomic E-state index is 12.5. The Labute approximate surface area is 163 Å². The van der Waals surface area contributed by atoms with E-state index in [0.717, 1.165) is 5.75 Å². The highest BCUT2D eigenvalue weighted by molar-refractivity contribution is 5.92. The van der Waals surface area contributed by atoms with Crippen LogP contribution in [0.1, 0.15) is 29.8 Å². The quantitative estimate of drug-likeness (QED) is 0.758. The number of hydrogen-bond donors (Lipinski definition) is 1. The van der Waals surface area contributed by atoms with Crippen LogP contribution in [0.2, 0.25) is 0 Å². The number of amides is 2. The minimum absolute atomic E-state index is 0.0770. The Morgan fingerprint density at radius 2 is 1.75 bits per heavy atom. The molecule has 1 saturated heterocycles. The molecule has 0 aliphatic carbocycles. The van der Waals surface area contributed by atoms with E-state index >= 15 is 0 Å². The number of H-pyrrole nitrogens is 1. The van der Waals surface area contributed by atoms with Gasteiger partial charge < -0.3 is 14.5 Å². The van der Waals surface area contributed by atoms with Crippen LogP contribution in [0.3, 0.4) is 0 Å². The van der Waals surface area contributed by atoms with Crippen LogP contribution in [-0.4, -0.2) is 64.6 Å². The molecule has 0 unspecified atom stereocenters. The van der Waals surface area contributed by atoms with E-state index in [4.69, 9.17) is 4.74 Å². The number of aromatic amines is 1. The van der Waals surface area contributed by atoms with Crippen molar-refractivity contribution in [2.75, 3.05) is 32.8 Å². The minimum Gasteiger partial charge on any atom is -0.494 e. The van der Waals surface area contributed by atoms with Gasteiger partial charge in [0.15, 0.2) is 0 Å². The van der Waals surface area contributed by atoms with Gasteiger partial charge in [-0.05, 0) is 31.0 Å². The minimum atomic E-state index is -0.347. The Morgan fingerprint density at radius 3 is 2.50 bits per heavy atom. The van der Waals surface area contributed by atoms with Gasteiger partial charge in [-0.2, -0.15) is 5.10 Å². The summed E-state index contributed by atoms with van der Waals surface area (Å²) in [7, 11) is 0. The molecule has 8 heteroatoms. The summed E-state index contributed by atoms with van der Waals surface area (Å²) in [6.07, 6.45) is 1.78. The first-order valence-corrected chi connectivity index (χ1v) is 9.44. The summed E-state index contributed by atoms with van der Waals surface area (Å²) < 4.78 is 5.62. The van der Waals surface area contributed by atoms with Gasteiger partial charge in [-0.15, -0.1) is 0 Å². The van der Waals surface area contributed by atoms with Gasteiger partial charge >= 0.3 is 0 Å². The van der Waals surface area contributed by atoms with Crippen LogP contribution in [-0.2, 0) is 4.79 Å². The van der Waals surface area contributed by atoms with Crippen LogP contribution >= 0.6 is 0 Å². The number of nitrogens with one attached hydrogen (secondary N) is 1. The molecule has 8 nitrogen and oxygen atoms in total. The van der Waals surface area contributed by atoms with E-state index in [-0.39, 0.29) is 23.1 Å². The molecule has 0 saturated carbocycles. The number of benzene rings is 1. The number of carbonyl (C=O) groups excluding carboxylic acids is 2. The zero-order valence-electron chi connectivity index (χ0n) is 15.7. The van der Waals surface area contributed by atoms with Crippen LogP contribution in [0.15, 0.2) is 47.3 Å². The lowest BCUT2D eigenvalue weighted by Crippen LogP contribution is -2.37. The van der Waals surface area contributed by atoms with Gasteiger partial charge in [0, 0.05) is 38.7 Å². The first-order valence-electron chi connectivity index (χ1n) is 9.44. The molecule has 1 N–H and O–H groups in total. The van der Waals surface area contributed by atoms with E-state index in [9.17, 15) is 14.4 Å². The van der Waals surface area contributed by atoms with Crippen molar-refractivity contribution < 1.29 is 14.3 Å². The van der Waals surface area contributed by atoms with Crippen molar-refractivity contribution in [1.29, 1.82) is 0 Å². The van der Waals surface area contributed by atoms with Crippen molar-refractivity contribution in [1.82, 2.24) is 20.0 Å². The molecule has 1 aliphatic heterocycles. The molecule has 148 valence electrons. The first-order chi connectivity index (χ1) is 13.6. The number of carbonyl (C=O) groups is 2. The van der Waals surface area contributed by atoms with Crippen molar-refractivity contribution in [3.05, 3.63) is 58.5 Å². The average molecular weight is 384 g/mol. The Morgan fingerprint density at radius 1 is 1.00 bits per heavy atom. The van der Waals surface area contributed by atoms with Crippen molar-refractivity contribution >= 4 is 11.8 Å². The molecule has 1 aromatic heterocycles. The van der Waals surface area contributed by atoms with E-state index in [2.05, 4.69) is 10.2 Å². The monoisotopic (exact) mass is 384 g/mol. The van der Waals surface area contributed by atoms with Gasteiger partial charge in [-0.3, -0.25) is 14.4 Å². The van der Waals surface area contributed by atoms with Crippen molar-refractivity contribution in [3.63, 3.8) is 0 Å². The summed E-state index contributed by atoms with van der Waals surface area (Å²) in [5.74, 6) is 0.643. The summed E-state index contributed by atoms with van der Waals surface area (Å²) in [4.78, 5) is 39.5. The van der Waals surface area contributed by atoms with Crippen LogP contribution < -0.4 is 10.3 Å². The van der Waals surface area contributed by atoms with Crippen molar-refractivity contribution in [2.24, 2.45) is 0 Å². The topological polar surface area (TPSA) is 95.6 Å². The van der Waals surface area contributed by atoms with Gasteiger partial charge in [0.1, 0.15) is 11.4 Å². The summed E-state index contributed by atoms with van der Waals surface area (Å²) >= 11 is 0. The predicted octanol–water partition coefficient (Wildman–Crippen LogP) is 1.30. The molecule has 28 heavy (non-hydrogen) atoms. The summed E-state index contributed by atoms with van der Waals surface area (Å²) in [6, 6.07) is 12.2. The highest BCUT2D eigenvalue weighted by Crippen LogP contribution is 2.11. The SMILES string of the molecule is O=C(CCCOc1ccccc1)N1CCCN(C(=O)c2ccc(=O)[nH]n2)CC1. The highest BCUT2D eigenvalue weighted by atomic mass is 16.5. The zero-order chi connectivity index (χ0) is 19.8. The second-order valence-electron chi connectivity index (χ2n) is 6.60. The fourth-order valence-electron chi connectivity index (χ4n) is 3.08. The van der Waals surface area contributed by atoms with Gasteiger partial charge in [-0.1, -0.05) is 18.2 Å². The number of hydrogen-bond acceptors (Lipinski definition) is 5. The highest BCUT2D eigenvalue weighted by Gasteiger charge is 2.23. The number of rotatable bonds is 6. The normalized spacial score (nSPS) is 14.4. The Balaban J connectivity index is 1.43. The third kappa shape index (κ3) is 5.42.